The van der Waals surface area contributed by atoms with E-state index < -0.39 is 0 Å². The van der Waals surface area contributed by atoms with E-state index in [0.717, 1.165) is 42.8 Å². The summed E-state index contributed by atoms with van der Waals surface area (Å²) >= 11 is 1.47. The Bertz CT molecular complexity index is 900. The second-order valence-electron chi connectivity index (χ2n) is 6.26. The highest BCUT2D eigenvalue weighted by Gasteiger charge is 2.23. The molecule has 1 aliphatic rings. The molecule has 0 aliphatic carbocycles. The van der Waals surface area contributed by atoms with Crippen molar-refractivity contribution in [1.82, 2.24) is 29.5 Å². The Balaban J connectivity index is 1.39. The van der Waals surface area contributed by atoms with Gasteiger partial charge in [-0.2, -0.15) is 14.6 Å². The summed E-state index contributed by atoms with van der Waals surface area (Å²) in [4.78, 5) is 31.3. The number of hydrogen-bond acceptors (Lipinski definition) is 8. The zero-order chi connectivity index (χ0) is 18.1. The van der Waals surface area contributed by atoms with E-state index in [2.05, 4.69) is 29.9 Å². The number of amides is 1. The number of piperazine rings is 1. The molecular formula is C16H20N8OS. The summed E-state index contributed by atoms with van der Waals surface area (Å²) in [7, 11) is 1.78. The fourth-order valence-electron chi connectivity index (χ4n) is 3.06. The van der Waals surface area contributed by atoms with Gasteiger partial charge < -0.3 is 4.90 Å². The van der Waals surface area contributed by atoms with E-state index in [1.807, 2.05) is 18.4 Å². The van der Waals surface area contributed by atoms with Crippen LogP contribution in [0.25, 0.3) is 5.78 Å². The van der Waals surface area contributed by atoms with Crippen LogP contribution in [0, 0.1) is 6.92 Å². The van der Waals surface area contributed by atoms with Gasteiger partial charge in [0.2, 0.25) is 5.91 Å². The lowest BCUT2D eigenvalue weighted by atomic mass is 10.3. The molecule has 26 heavy (non-hydrogen) atoms. The van der Waals surface area contributed by atoms with E-state index in [1.165, 1.54) is 17.7 Å². The van der Waals surface area contributed by atoms with Crippen LogP contribution in [0.1, 0.15) is 5.69 Å². The van der Waals surface area contributed by atoms with Crippen molar-refractivity contribution in [3.05, 3.63) is 29.7 Å². The maximum Gasteiger partial charge on any atom is 0.254 e. The minimum Gasteiger partial charge on any atom is -0.354 e. The second kappa shape index (κ2) is 6.96. The number of hydrogen-bond donors (Lipinski definition) is 0. The average molecular weight is 372 g/mol. The first kappa shape index (κ1) is 16.9. The largest absolute Gasteiger partial charge is 0.354 e. The quantitative estimate of drug-likeness (QED) is 0.666. The van der Waals surface area contributed by atoms with Crippen molar-refractivity contribution in [2.75, 3.05) is 49.6 Å². The summed E-state index contributed by atoms with van der Waals surface area (Å²) in [6.07, 6.45) is 3.23. The number of carbonyl (C=O) groups excluding carboxylic acids is 1. The number of rotatable bonds is 4. The molecule has 0 saturated carbocycles. The first-order chi connectivity index (χ1) is 12.6. The van der Waals surface area contributed by atoms with E-state index in [-0.39, 0.29) is 5.91 Å². The molecule has 3 aromatic heterocycles. The number of carbonyl (C=O) groups is 1. The van der Waals surface area contributed by atoms with E-state index in [0.29, 0.717) is 12.3 Å². The zero-order valence-electron chi connectivity index (χ0n) is 14.7. The van der Waals surface area contributed by atoms with Gasteiger partial charge in [0.1, 0.15) is 12.1 Å². The monoisotopic (exact) mass is 372 g/mol. The Labute approximate surface area is 154 Å². The summed E-state index contributed by atoms with van der Waals surface area (Å²) in [5.74, 6) is 1.67. The Kier molecular flexibility index (Phi) is 4.51. The fraction of sp³-hybridized carbons (Fsp3) is 0.438. The van der Waals surface area contributed by atoms with Crippen LogP contribution in [0.3, 0.4) is 0 Å². The molecule has 1 fully saturated rings. The topological polar surface area (TPSA) is 82.8 Å². The van der Waals surface area contributed by atoms with E-state index in [9.17, 15) is 4.79 Å². The molecule has 1 aliphatic heterocycles. The molecule has 3 aromatic rings. The molecule has 0 aromatic carbocycles. The van der Waals surface area contributed by atoms with Crippen LogP contribution in [-0.2, 0) is 4.79 Å². The highest BCUT2D eigenvalue weighted by molar-refractivity contribution is 7.13. The molecule has 10 heteroatoms. The van der Waals surface area contributed by atoms with Gasteiger partial charge in [0.05, 0.1) is 6.54 Å². The predicted octanol–water partition coefficient (Wildman–Crippen LogP) is 0.674. The van der Waals surface area contributed by atoms with Crippen molar-refractivity contribution in [3.63, 3.8) is 0 Å². The number of anilines is 2. The minimum atomic E-state index is 0.0619. The Morgan fingerprint density at radius 2 is 2.08 bits per heavy atom. The summed E-state index contributed by atoms with van der Waals surface area (Å²) in [6.45, 7) is 5.64. The third-order valence-corrected chi connectivity index (χ3v) is 5.34. The number of nitrogens with zero attached hydrogens (tertiary/aromatic N) is 8. The third-order valence-electron chi connectivity index (χ3n) is 4.50. The van der Waals surface area contributed by atoms with Crippen LogP contribution in [0.4, 0.5) is 10.9 Å². The smallest absolute Gasteiger partial charge is 0.254 e. The molecule has 0 bridgehead atoms. The number of likely N-dealkylation sites (N-methyl/N-ethyl adjacent to an activating group) is 1. The maximum absolute atomic E-state index is 12.5. The molecule has 4 rings (SSSR count). The van der Waals surface area contributed by atoms with Crippen LogP contribution >= 0.6 is 11.3 Å². The number of fused-ring (bicyclic) bond motifs is 1. The third kappa shape index (κ3) is 3.25. The molecule has 0 spiro atoms. The van der Waals surface area contributed by atoms with Gasteiger partial charge >= 0.3 is 0 Å². The highest BCUT2D eigenvalue weighted by atomic mass is 32.1. The molecular weight excluding hydrogens is 352 g/mol. The number of aryl methyl sites for hydroxylation is 1. The first-order valence-electron chi connectivity index (χ1n) is 8.42. The van der Waals surface area contributed by atoms with Gasteiger partial charge in [-0.3, -0.25) is 14.6 Å². The first-order valence-corrected chi connectivity index (χ1v) is 9.30. The SMILES string of the molecule is Cc1cc(N2CCN(CC(=O)N(C)c3nccs3)CC2)n2ncnc2n1. The van der Waals surface area contributed by atoms with Crippen LogP contribution < -0.4 is 9.80 Å². The lowest BCUT2D eigenvalue weighted by Gasteiger charge is -2.36. The van der Waals surface area contributed by atoms with Crippen LogP contribution in [0.15, 0.2) is 24.0 Å². The van der Waals surface area contributed by atoms with Crippen LogP contribution in [0.5, 0.6) is 0 Å². The summed E-state index contributed by atoms with van der Waals surface area (Å²) in [5.41, 5.74) is 0.920. The standard InChI is InChI=1S/C16H20N8OS/c1-12-9-13(24-15(20-12)18-11-19-24)23-6-4-22(5-7-23)10-14(25)21(2)16-17-3-8-26-16/h3,8-9,11H,4-7,10H2,1-2H3. The number of thiazole rings is 1. The molecule has 0 radical (unpaired) electrons. The van der Waals surface area contributed by atoms with E-state index in [4.69, 9.17) is 0 Å². The second-order valence-corrected chi connectivity index (χ2v) is 7.13. The normalized spacial score (nSPS) is 15.5. The van der Waals surface area contributed by atoms with Crippen molar-refractivity contribution < 1.29 is 4.79 Å². The molecule has 4 heterocycles. The minimum absolute atomic E-state index is 0.0619. The van der Waals surface area contributed by atoms with Crippen molar-refractivity contribution in [2.45, 2.75) is 6.92 Å². The molecule has 136 valence electrons. The fourth-order valence-corrected chi connectivity index (χ4v) is 3.68. The lowest BCUT2D eigenvalue weighted by Crippen LogP contribution is -2.50. The van der Waals surface area contributed by atoms with Crippen molar-refractivity contribution in [3.8, 4) is 0 Å². The Morgan fingerprint density at radius 3 is 2.81 bits per heavy atom. The highest BCUT2D eigenvalue weighted by Crippen LogP contribution is 2.19. The summed E-state index contributed by atoms with van der Waals surface area (Å²) in [6, 6.07) is 2.03. The van der Waals surface area contributed by atoms with Gasteiger partial charge in [0, 0.05) is 56.6 Å². The summed E-state index contributed by atoms with van der Waals surface area (Å²) < 4.78 is 1.77. The van der Waals surface area contributed by atoms with Gasteiger partial charge in [-0.15, -0.1) is 11.3 Å². The Morgan fingerprint density at radius 1 is 1.27 bits per heavy atom. The van der Waals surface area contributed by atoms with Gasteiger partial charge in [-0.05, 0) is 6.92 Å². The molecule has 0 unspecified atom stereocenters. The molecule has 0 atom stereocenters. The van der Waals surface area contributed by atoms with Gasteiger partial charge in [-0.25, -0.2) is 9.97 Å². The average Bonchev–Trinajstić information content (AvgIpc) is 3.32. The summed E-state index contributed by atoms with van der Waals surface area (Å²) in [5, 5.41) is 6.88. The van der Waals surface area contributed by atoms with Crippen LogP contribution in [-0.4, -0.2) is 75.1 Å². The maximum atomic E-state index is 12.5. The van der Waals surface area contributed by atoms with E-state index >= 15 is 0 Å². The van der Waals surface area contributed by atoms with E-state index in [1.54, 1.807) is 22.7 Å². The number of aromatic nitrogens is 5. The molecule has 9 nitrogen and oxygen atoms in total. The van der Waals surface area contributed by atoms with Crippen molar-refractivity contribution in [2.24, 2.45) is 0 Å². The lowest BCUT2D eigenvalue weighted by molar-refractivity contribution is -0.119. The zero-order valence-corrected chi connectivity index (χ0v) is 15.6. The van der Waals surface area contributed by atoms with Crippen molar-refractivity contribution >= 4 is 34.0 Å². The Hall–Kier alpha value is -2.59. The predicted molar refractivity (Wildman–Crippen MR) is 99.7 cm³/mol. The van der Waals surface area contributed by atoms with Crippen molar-refractivity contribution in [1.29, 1.82) is 0 Å². The van der Waals surface area contributed by atoms with Gasteiger partial charge in [0.15, 0.2) is 5.13 Å². The van der Waals surface area contributed by atoms with Gasteiger partial charge in [-0.1, -0.05) is 0 Å². The van der Waals surface area contributed by atoms with Crippen LogP contribution in [0.2, 0.25) is 0 Å². The molecule has 0 N–H and O–H groups in total. The van der Waals surface area contributed by atoms with Gasteiger partial charge in [0.25, 0.3) is 5.78 Å². The molecule has 1 saturated heterocycles. The molecule has 1 amide bonds.